The molecule has 1 aliphatic heterocycles. The van der Waals surface area contributed by atoms with Crippen molar-refractivity contribution in [1.82, 2.24) is 10.2 Å². The van der Waals surface area contributed by atoms with Gasteiger partial charge in [-0.2, -0.15) is 0 Å². The van der Waals surface area contributed by atoms with Gasteiger partial charge in [-0.25, -0.2) is 0 Å². The van der Waals surface area contributed by atoms with Gasteiger partial charge in [-0.3, -0.25) is 0 Å². The van der Waals surface area contributed by atoms with Gasteiger partial charge in [-0.1, -0.05) is 0 Å². The fourth-order valence-corrected chi connectivity index (χ4v) is 3.05. The average molecular weight is 204 g/mol. The largest absolute Gasteiger partial charge is 0.360 e. The van der Waals surface area contributed by atoms with Crippen LogP contribution in [-0.2, 0) is 9.47 Å². The fraction of sp³-hybridized carbons (Fsp3) is 1.00. The van der Waals surface area contributed by atoms with E-state index in [0.717, 1.165) is 13.1 Å². The van der Waals surface area contributed by atoms with E-state index in [4.69, 9.17) is 9.47 Å². The number of methoxy groups -OCH3 is 2. The second kappa shape index (κ2) is 6.50. The number of ether oxygens (including phenoxy) is 2. The molecule has 0 saturated carbocycles. The topological polar surface area (TPSA) is 33.7 Å². The molecular weight excluding hydrogens is 184 g/mol. The lowest BCUT2D eigenvalue weighted by Crippen LogP contribution is -2.46. The Hall–Kier alpha value is 0.0569. The molecule has 5 heteroatoms. The molecular formula is C8H20N2O2Si. The summed E-state index contributed by atoms with van der Waals surface area (Å²) in [5.41, 5.74) is 0. The Morgan fingerprint density at radius 1 is 1.31 bits per heavy atom. The highest BCUT2D eigenvalue weighted by Gasteiger charge is 2.12. The smallest absolute Gasteiger partial charge is 0.135 e. The molecule has 1 heterocycles. The van der Waals surface area contributed by atoms with E-state index in [1.165, 1.54) is 19.3 Å². The predicted octanol–water partition coefficient (Wildman–Crippen LogP) is -1.41. The summed E-state index contributed by atoms with van der Waals surface area (Å²) in [5.74, 6) is 0.0925. The molecule has 4 nitrogen and oxygen atoms in total. The number of nitrogens with one attached hydrogen (secondary N) is 1. The van der Waals surface area contributed by atoms with Gasteiger partial charge in [-0.05, 0) is 6.17 Å². The van der Waals surface area contributed by atoms with E-state index in [0.29, 0.717) is 0 Å². The molecule has 0 unspecified atom stereocenters. The van der Waals surface area contributed by atoms with Crippen molar-refractivity contribution in [2.75, 3.05) is 46.6 Å². The van der Waals surface area contributed by atoms with E-state index < -0.39 is 0 Å². The van der Waals surface area contributed by atoms with E-state index in [1.54, 1.807) is 14.2 Å². The zero-order valence-corrected chi connectivity index (χ0v) is 10.00. The third-order valence-electron chi connectivity index (χ3n) is 2.42. The van der Waals surface area contributed by atoms with Gasteiger partial charge in [0.05, 0.1) is 0 Å². The maximum absolute atomic E-state index is 5.19. The normalized spacial score (nSPS) is 20.5. The minimum Gasteiger partial charge on any atom is -0.360 e. The summed E-state index contributed by atoms with van der Waals surface area (Å²) < 4.78 is 10.4. The van der Waals surface area contributed by atoms with Crippen molar-refractivity contribution >= 4 is 9.52 Å². The molecule has 1 N–H and O–H groups in total. The number of hydrogen-bond donors (Lipinski definition) is 1. The van der Waals surface area contributed by atoms with Crippen LogP contribution < -0.4 is 5.32 Å². The van der Waals surface area contributed by atoms with E-state index in [1.807, 2.05) is 0 Å². The second-order valence-electron chi connectivity index (χ2n) is 3.28. The van der Waals surface area contributed by atoms with E-state index in [-0.39, 0.29) is 15.4 Å². The Morgan fingerprint density at radius 3 is 2.46 bits per heavy atom. The molecule has 0 aliphatic carbocycles. The van der Waals surface area contributed by atoms with Crippen LogP contribution in [0.4, 0.5) is 0 Å². The molecule has 0 bridgehead atoms. The monoisotopic (exact) mass is 204 g/mol. The highest BCUT2D eigenvalue weighted by Crippen LogP contribution is 1.94. The molecule has 1 fully saturated rings. The van der Waals surface area contributed by atoms with Crippen molar-refractivity contribution in [3.05, 3.63) is 0 Å². The summed E-state index contributed by atoms with van der Waals surface area (Å²) in [5, 5.41) is 3.34. The minimum absolute atomic E-state index is 0.0925. The molecule has 78 valence electrons. The summed E-state index contributed by atoms with van der Waals surface area (Å²) in [6.07, 6.45) is 1.20. The van der Waals surface area contributed by atoms with Gasteiger partial charge < -0.3 is 19.7 Å². The van der Waals surface area contributed by atoms with Gasteiger partial charge in [-0.15, -0.1) is 0 Å². The lowest BCUT2D eigenvalue weighted by molar-refractivity contribution is -0.0449. The quantitative estimate of drug-likeness (QED) is 0.441. The Morgan fingerprint density at radius 2 is 1.92 bits per heavy atom. The SMILES string of the molecule is COC(OC)[SiH2]CN1CCNCC1. The third-order valence-corrected chi connectivity index (χ3v) is 4.45. The van der Waals surface area contributed by atoms with Crippen LogP contribution in [0.15, 0.2) is 0 Å². The lowest BCUT2D eigenvalue weighted by atomic mass is 10.4. The summed E-state index contributed by atoms with van der Waals surface area (Å²) in [7, 11) is 3.18. The number of hydrogen-bond acceptors (Lipinski definition) is 4. The van der Waals surface area contributed by atoms with Gasteiger partial charge in [0.1, 0.15) is 15.4 Å². The first-order chi connectivity index (χ1) is 6.36. The number of rotatable bonds is 5. The van der Waals surface area contributed by atoms with Crippen molar-refractivity contribution in [3.63, 3.8) is 0 Å². The van der Waals surface area contributed by atoms with Gasteiger partial charge in [0.25, 0.3) is 0 Å². The molecule has 0 aromatic heterocycles. The molecule has 1 saturated heterocycles. The maximum Gasteiger partial charge on any atom is 0.135 e. The zero-order chi connectivity index (χ0) is 9.52. The van der Waals surface area contributed by atoms with Crippen LogP contribution in [0.2, 0.25) is 0 Å². The van der Waals surface area contributed by atoms with Gasteiger partial charge in [0.2, 0.25) is 0 Å². The Balaban J connectivity index is 2.09. The first kappa shape index (κ1) is 11.1. The van der Waals surface area contributed by atoms with Crippen LogP contribution in [-0.4, -0.2) is 66.9 Å². The van der Waals surface area contributed by atoms with Crippen LogP contribution in [0.1, 0.15) is 0 Å². The average Bonchev–Trinajstić information content (AvgIpc) is 2.21. The van der Waals surface area contributed by atoms with Gasteiger partial charge in [0.15, 0.2) is 0 Å². The number of piperazine rings is 1. The molecule has 0 spiro atoms. The molecule has 0 atom stereocenters. The molecule has 0 radical (unpaired) electrons. The lowest BCUT2D eigenvalue weighted by Gasteiger charge is -2.28. The Kier molecular flexibility index (Phi) is 5.57. The van der Waals surface area contributed by atoms with Crippen LogP contribution in [0.3, 0.4) is 0 Å². The first-order valence-electron chi connectivity index (χ1n) is 4.85. The van der Waals surface area contributed by atoms with Crippen LogP contribution in [0, 0.1) is 0 Å². The van der Waals surface area contributed by atoms with Gasteiger partial charge in [0, 0.05) is 40.4 Å². The summed E-state index contributed by atoms with van der Waals surface area (Å²) in [4.78, 5) is 2.49. The van der Waals surface area contributed by atoms with Crippen molar-refractivity contribution in [2.24, 2.45) is 0 Å². The van der Waals surface area contributed by atoms with Gasteiger partial charge >= 0.3 is 0 Å². The van der Waals surface area contributed by atoms with Crippen LogP contribution in [0.5, 0.6) is 0 Å². The fourth-order valence-electron chi connectivity index (χ4n) is 1.55. The standard InChI is InChI=1S/C8H20N2O2Si/c1-11-8(12-2)13-7-10-5-3-9-4-6-10/h8-9H,3-7,13H2,1-2H3. The van der Waals surface area contributed by atoms with Crippen LogP contribution >= 0.6 is 0 Å². The van der Waals surface area contributed by atoms with E-state index in [9.17, 15) is 0 Å². The Bertz CT molecular complexity index is 127. The zero-order valence-electron chi connectivity index (χ0n) is 8.58. The summed E-state index contributed by atoms with van der Waals surface area (Å²) in [6, 6.07) is 0. The molecule has 1 rings (SSSR count). The summed E-state index contributed by atoms with van der Waals surface area (Å²) in [6.45, 7) is 4.60. The van der Waals surface area contributed by atoms with E-state index in [2.05, 4.69) is 10.2 Å². The second-order valence-corrected chi connectivity index (χ2v) is 4.97. The number of nitrogens with zero attached hydrogens (tertiary/aromatic N) is 1. The van der Waals surface area contributed by atoms with Crippen molar-refractivity contribution in [2.45, 2.75) is 5.91 Å². The molecule has 0 aromatic rings. The minimum atomic E-state index is -0.266. The molecule has 1 aliphatic rings. The maximum atomic E-state index is 5.19. The highest BCUT2D eigenvalue weighted by molar-refractivity contribution is 6.36. The highest BCUT2D eigenvalue weighted by atomic mass is 28.2. The Labute approximate surface area is 82.4 Å². The molecule has 0 aromatic carbocycles. The first-order valence-corrected chi connectivity index (χ1v) is 6.67. The molecule has 13 heavy (non-hydrogen) atoms. The van der Waals surface area contributed by atoms with E-state index >= 15 is 0 Å². The van der Waals surface area contributed by atoms with Crippen molar-refractivity contribution in [1.29, 1.82) is 0 Å². The third kappa shape index (κ3) is 4.19. The molecule has 0 amide bonds. The van der Waals surface area contributed by atoms with Crippen molar-refractivity contribution < 1.29 is 9.47 Å². The predicted molar refractivity (Wildman–Crippen MR) is 55.7 cm³/mol. The summed E-state index contributed by atoms with van der Waals surface area (Å²) >= 11 is 0. The van der Waals surface area contributed by atoms with Crippen LogP contribution in [0.25, 0.3) is 0 Å². The van der Waals surface area contributed by atoms with Crippen molar-refractivity contribution in [3.8, 4) is 0 Å².